The van der Waals surface area contributed by atoms with Crippen molar-refractivity contribution in [1.82, 2.24) is 4.90 Å². The molecule has 16 heavy (non-hydrogen) atoms. The van der Waals surface area contributed by atoms with Crippen molar-refractivity contribution < 1.29 is 4.74 Å². The zero-order valence-corrected chi connectivity index (χ0v) is 11.5. The number of morpholine rings is 1. The Labute approximate surface area is 105 Å². The fourth-order valence-corrected chi connectivity index (χ4v) is 2.60. The molecule has 0 aromatic heterocycles. The summed E-state index contributed by atoms with van der Waals surface area (Å²) in [4.78, 5) is 2.53. The van der Waals surface area contributed by atoms with Crippen molar-refractivity contribution in [2.45, 2.75) is 45.6 Å². The van der Waals surface area contributed by atoms with Crippen molar-refractivity contribution in [3.63, 3.8) is 0 Å². The van der Waals surface area contributed by atoms with Crippen molar-refractivity contribution in [1.29, 1.82) is 0 Å². The second-order valence-corrected chi connectivity index (χ2v) is 5.10. The van der Waals surface area contributed by atoms with E-state index >= 15 is 0 Å². The summed E-state index contributed by atoms with van der Waals surface area (Å²) < 4.78 is 5.47. The molecule has 0 bridgehead atoms. The van der Waals surface area contributed by atoms with Gasteiger partial charge in [-0.2, -0.15) is 0 Å². The molecular formula is C13H26ClNO. The zero-order valence-electron chi connectivity index (χ0n) is 10.8. The normalized spacial score (nSPS) is 24.6. The minimum absolute atomic E-state index is 0.436. The lowest BCUT2D eigenvalue weighted by atomic mass is 9.98. The third-order valence-electron chi connectivity index (χ3n) is 3.56. The first kappa shape index (κ1) is 14.3. The molecule has 2 atom stereocenters. The molecule has 0 spiro atoms. The smallest absolute Gasteiger partial charge is 0.0634 e. The molecule has 0 aromatic carbocycles. The maximum absolute atomic E-state index is 5.98. The van der Waals surface area contributed by atoms with E-state index in [9.17, 15) is 0 Å². The highest BCUT2D eigenvalue weighted by Gasteiger charge is 2.23. The van der Waals surface area contributed by atoms with Crippen LogP contribution in [0.4, 0.5) is 0 Å². The minimum Gasteiger partial charge on any atom is -0.378 e. The first-order valence-electron chi connectivity index (χ1n) is 6.69. The number of rotatable bonds is 7. The average Bonchev–Trinajstić information content (AvgIpc) is 2.34. The van der Waals surface area contributed by atoms with E-state index in [0.29, 0.717) is 11.9 Å². The van der Waals surface area contributed by atoms with Crippen LogP contribution in [0.3, 0.4) is 0 Å². The molecular weight excluding hydrogens is 222 g/mol. The van der Waals surface area contributed by atoms with E-state index in [0.717, 1.165) is 25.7 Å². The fraction of sp³-hybridized carbons (Fsp3) is 1.00. The highest BCUT2D eigenvalue weighted by atomic mass is 35.5. The molecule has 96 valence electrons. The van der Waals surface area contributed by atoms with Crippen molar-refractivity contribution in [2.75, 3.05) is 32.2 Å². The molecule has 2 nitrogen and oxygen atoms in total. The lowest BCUT2D eigenvalue weighted by molar-refractivity contribution is -0.00684. The molecule has 1 fully saturated rings. The largest absolute Gasteiger partial charge is 0.378 e. The minimum atomic E-state index is 0.436. The van der Waals surface area contributed by atoms with Crippen LogP contribution >= 0.6 is 11.6 Å². The quantitative estimate of drug-likeness (QED) is 0.641. The Bertz CT molecular complexity index is 177. The topological polar surface area (TPSA) is 12.5 Å². The summed E-state index contributed by atoms with van der Waals surface area (Å²) in [7, 11) is 0. The van der Waals surface area contributed by atoms with Crippen molar-refractivity contribution in [3.05, 3.63) is 0 Å². The average molecular weight is 248 g/mol. The Morgan fingerprint density at radius 3 is 2.88 bits per heavy atom. The van der Waals surface area contributed by atoms with Gasteiger partial charge in [0, 0.05) is 25.0 Å². The van der Waals surface area contributed by atoms with Gasteiger partial charge < -0.3 is 4.74 Å². The molecule has 1 heterocycles. The van der Waals surface area contributed by atoms with Crippen LogP contribution in [-0.2, 0) is 4.74 Å². The first-order chi connectivity index (χ1) is 7.81. The molecule has 0 N–H and O–H groups in total. The van der Waals surface area contributed by atoms with Crippen molar-refractivity contribution in [3.8, 4) is 0 Å². The Balaban J connectivity index is 2.35. The van der Waals surface area contributed by atoms with Crippen LogP contribution < -0.4 is 0 Å². The number of hydrogen-bond donors (Lipinski definition) is 0. The first-order valence-corrected chi connectivity index (χ1v) is 7.23. The SMILES string of the molecule is CCCCC(CC)CN1CCOCC1CCl. The van der Waals surface area contributed by atoms with E-state index in [4.69, 9.17) is 16.3 Å². The summed E-state index contributed by atoms with van der Waals surface area (Å²) in [5.74, 6) is 1.54. The summed E-state index contributed by atoms with van der Waals surface area (Å²) in [5.41, 5.74) is 0. The van der Waals surface area contributed by atoms with Gasteiger partial charge in [-0.15, -0.1) is 11.6 Å². The van der Waals surface area contributed by atoms with Crippen LogP contribution in [0.15, 0.2) is 0 Å². The monoisotopic (exact) mass is 247 g/mol. The highest BCUT2D eigenvalue weighted by Crippen LogP contribution is 2.18. The summed E-state index contributed by atoms with van der Waals surface area (Å²) in [5, 5.41) is 0. The van der Waals surface area contributed by atoms with E-state index in [-0.39, 0.29) is 0 Å². The van der Waals surface area contributed by atoms with Gasteiger partial charge in [0.25, 0.3) is 0 Å². The highest BCUT2D eigenvalue weighted by molar-refractivity contribution is 6.18. The summed E-state index contributed by atoms with van der Waals surface area (Å²) in [6.45, 7) is 8.52. The molecule has 1 aliphatic rings. The van der Waals surface area contributed by atoms with Crippen LogP contribution in [0.5, 0.6) is 0 Å². The van der Waals surface area contributed by atoms with Gasteiger partial charge >= 0.3 is 0 Å². The molecule has 1 saturated heterocycles. The van der Waals surface area contributed by atoms with Gasteiger partial charge in [-0.05, 0) is 12.3 Å². The number of halogens is 1. The van der Waals surface area contributed by atoms with E-state index in [1.807, 2.05) is 0 Å². The van der Waals surface area contributed by atoms with Crippen LogP contribution in [0.1, 0.15) is 39.5 Å². The van der Waals surface area contributed by atoms with E-state index in [1.165, 1.54) is 32.2 Å². The van der Waals surface area contributed by atoms with Gasteiger partial charge in [0.05, 0.1) is 13.2 Å². The molecule has 2 unspecified atom stereocenters. The van der Waals surface area contributed by atoms with Crippen LogP contribution in [0.25, 0.3) is 0 Å². The maximum Gasteiger partial charge on any atom is 0.0634 e. The van der Waals surface area contributed by atoms with Crippen molar-refractivity contribution >= 4 is 11.6 Å². The lowest BCUT2D eigenvalue weighted by Gasteiger charge is -2.36. The standard InChI is InChI=1S/C13H26ClNO/c1-3-5-6-12(4-2)10-15-7-8-16-11-13(15)9-14/h12-13H,3-11H2,1-2H3. The third kappa shape index (κ3) is 4.60. The Kier molecular flexibility index (Phi) is 7.42. The van der Waals surface area contributed by atoms with Crippen LogP contribution in [0.2, 0.25) is 0 Å². The lowest BCUT2D eigenvalue weighted by Crippen LogP contribution is -2.48. The van der Waals surface area contributed by atoms with Gasteiger partial charge in [0.15, 0.2) is 0 Å². The van der Waals surface area contributed by atoms with E-state index in [2.05, 4.69) is 18.7 Å². The number of nitrogens with zero attached hydrogens (tertiary/aromatic N) is 1. The van der Waals surface area contributed by atoms with Gasteiger partial charge in [0.1, 0.15) is 0 Å². The predicted octanol–water partition coefficient (Wildman–Crippen LogP) is 3.14. The van der Waals surface area contributed by atoms with Gasteiger partial charge in [-0.3, -0.25) is 4.90 Å². The maximum atomic E-state index is 5.98. The number of hydrogen-bond acceptors (Lipinski definition) is 2. The Hall–Kier alpha value is 0.210. The second kappa shape index (κ2) is 8.32. The molecule has 0 amide bonds. The number of alkyl halides is 1. The number of unbranched alkanes of at least 4 members (excludes halogenated alkanes) is 1. The Morgan fingerprint density at radius 1 is 1.44 bits per heavy atom. The van der Waals surface area contributed by atoms with Gasteiger partial charge in [0.2, 0.25) is 0 Å². The summed E-state index contributed by atoms with van der Waals surface area (Å²) in [6.07, 6.45) is 5.30. The van der Waals surface area contributed by atoms with Crippen molar-refractivity contribution in [2.24, 2.45) is 5.92 Å². The third-order valence-corrected chi connectivity index (χ3v) is 3.92. The Morgan fingerprint density at radius 2 is 2.25 bits per heavy atom. The fourth-order valence-electron chi connectivity index (χ4n) is 2.32. The summed E-state index contributed by atoms with van der Waals surface area (Å²) in [6, 6.07) is 0.436. The second-order valence-electron chi connectivity index (χ2n) is 4.79. The van der Waals surface area contributed by atoms with Gasteiger partial charge in [-0.1, -0.05) is 33.1 Å². The molecule has 0 aliphatic carbocycles. The van der Waals surface area contributed by atoms with Crippen LogP contribution in [0, 0.1) is 5.92 Å². The van der Waals surface area contributed by atoms with Gasteiger partial charge in [-0.25, -0.2) is 0 Å². The van der Waals surface area contributed by atoms with Crippen LogP contribution in [-0.4, -0.2) is 43.1 Å². The molecule has 1 rings (SSSR count). The molecule has 1 aliphatic heterocycles. The molecule has 3 heteroatoms. The summed E-state index contributed by atoms with van der Waals surface area (Å²) >= 11 is 5.98. The molecule has 0 aromatic rings. The van der Waals surface area contributed by atoms with E-state index in [1.54, 1.807) is 0 Å². The molecule has 0 saturated carbocycles. The number of ether oxygens (including phenoxy) is 1. The van der Waals surface area contributed by atoms with E-state index < -0.39 is 0 Å². The predicted molar refractivity (Wildman–Crippen MR) is 70.2 cm³/mol. The molecule has 0 radical (unpaired) electrons. The zero-order chi connectivity index (χ0) is 11.8.